The van der Waals surface area contributed by atoms with Crippen molar-refractivity contribution >= 4 is 15.7 Å². The number of anilines is 1. The van der Waals surface area contributed by atoms with E-state index in [4.69, 9.17) is 0 Å². The third-order valence-corrected chi connectivity index (χ3v) is 3.97. The summed E-state index contributed by atoms with van der Waals surface area (Å²) in [5.74, 6) is -2.19. The SMILES string of the molecule is CC(C)(C)S(=O)(=O)Nc1ccc(F)nc1F. The molecular weight excluding hydrogens is 238 g/mol. The summed E-state index contributed by atoms with van der Waals surface area (Å²) in [6.45, 7) is 4.39. The maximum Gasteiger partial charge on any atom is 0.239 e. The fourth-order valence-electron chi connectivity index (χ4n) is 0.786. The zero-order valence-corrected chi connectivity index (χ0v) is 9.90. The summed E-state index contributed by atoms with van der Waals surface area (Å²) in [5.41, 5.74) is -0.365. The summed E-state index contributed by atoms with van der Waals surface area (Å²) in [6, 6.07) is 1.87. The summed E-state index contributed by atoms with van der Waals surface area (Å²) in [5, 5.41) is 0. The number of aromatic nitrogens is 1. The van der Waals surface area contributed by atoms with Gasteiger partial charge >= 0.3 is 0 Å². The quantitative estimate of drug-likeness (QED) is 0.815. The van der Waals surface area contributed by atoms with Crippen LogP contribution in [0.3, 0.4) is 0 Å². The molecule has 0 aliphatic heterocycles. The summed E-state index contributed by atoms with van der Waals surface area (Å²) < 4.78 is 49.8. The first-order chi connectivity index (χ1) is 7.13. The smallest absolute Gasteiger partial charge is 0.239 e. The predicted molar refractivity (Wildman–Crippen MR) is 56.4 cm³/mol. The van der Waals surface area contributed by atoms with E-state index in [0.717, 1.165) is 12.1 Å². The van der Waals surface area contributed by atoms with Gasteiger partial charge in [0.25, 0.3) is 0 Å². The maximum absolute atomic E-state index is 13.1. The number of hydrogen-bond acceptors (Lipinski definition) is 3. The van der Waals surface area contributed by atoms with Gasteiger partial charge in [0.15, 0.2) is 0 Å². The topological polar surface area (TPSA) is 59.1 Å². The van der Waals surface area contributed by atoms with E-state index >= 15 is 0 Å². The van der Waals surface area contributed by atoms with Gasteiger partial charge in [-0.25, -0.2) is 8.42 Å². The van der Waals surface area contributed by atoms with E-state index in [2.05, 4.69) is 4.98 Å². The molecule has 1 aromatic rings. The number of nitrogens with one attached hydrogen (secondary N) is 1. The number of halogens is 2. The number of hydrogen-bond donors (Lipinski definition) is 1. The van der Waals surface area contributed by atoms with Crippen molar-refractivity contribution in [2.45, 2.75) is 25.5 Å². The van der Waals surface area contributed by atoms with Crippen molar-refractivity contribution in [1.82, 2.24) is 4.98 Å². The normalized spacial score (nSPS) is 12.6. The van der Waals surface area contributed by atoms with E-state index in [1.54, 1.807) is 0 Å². The molecule has 4 nitrogen and oxygen atoms in total. The van der Waals surface area contributed by atoms with Crippen LogP contribution in [0.25, 0.3) is 0 Å². The van der Waals surface area contributed by atoms with Gasteiger partial charge in [-0.1, -0.05) is 0 Å². The lowest BCUT2D eigenvalue weighted by molar-refractivity contribution is 0.514. The van der Waals surface area contributed by atoms with E-state index in [9.17, 15) is 17.2 Å². The second kappa shape index (κ2) is 3.97. The minimum atomic E-state index is -3.74. The zero-order chi connectivity index (χ0) is 12.6. The largest absolute Gasteiger partial charge is 0.278 e. The van der Waals surface area contributed by atoms with Gasteiger partial charge in [-0.3, -0.25) is 4.72 Å². The molecule has 1 heterocycles. The molecule has 0 fully saturated rings. The molecule has 1 aromatic heterocycles. The summed E-state index contributed by atoms with van der Waals surface area (Å²) in [7, 11) is -3.74. The number of sulfonamides is 1. The van der Waals surface area contributed by atoms with Gasteiger partial charge < -0.3 is 0 Å². The third-order valence-electron chi connectivity index (χ3n) is 1.87. The van der Waals surface area contributed by atoms with E-state index in [-0.39, 0.29) is 5.69 Å². The van der Waals surface area contributed by atoms with Gasteiger partial charge in [-0.15, -0.1) is 0 Å². The molecule has 0 aliphatic rings. The van der Waals surface area contributed by atoms with Crippen molar-refractivity contribution in [3.63, 3.8) is 0 Å². The second-order valence-electron chi connectivity index (χ2n) is 4.19. The summed E-state index contributed by atoms with van der Waals surface area (Å²) in [6.07, 6.45) is 0. The van der Waals surface area contributed by atoms with Crippen LogP contribution in [0.4, 0.5) is 14.5 Å². The molecule has 0 spiro atoms. The molecule has 0 aromatic carbocycles. The summed E-state index contributed by atoms with van der Waals surface area (Å²) >= 11 is 0. The Bertz CT molecular complexity index is 495. The summed E-state index contributed by atoms with van der Waals surface area (Å²) in [4.78, 5) is 2.88. The molecule has 0 atom stereocenters. The Morgan fingerprint density at radius 3 is 2.25 bits per heavy atom. The Kier molecular flexibility index (Phi) is 3.18. The highest BCUT2D eigenvalue weighted by Crippen LogP contribution is 2.20. The van der Waals surface area contributed by atoms with Gasteiger partial charge in [-0.2, -0.15) is 13.8 Å². The molecule has 1 rings (SSSR count). The van der Waals surface area contributed by atoms with Crippen LogP contribution in [-0.4, -0.2) is 18.1 Å². The maximum atomic E-state index is 13.1. The molecule has 0 radical (unpaired) electrons. The number of rotatable bonds is 2. The zero-order valence-electron chi connectivity index (χ0n) is 9.08. The van der Waals surface area contributed by atoms with Crippen LogP contribution in [0.2, 0.25) is 0 Å². The average Bonchev–Trinajstić information content (AvgIpc) is 2.08. The van der Waals surface area contributed by atoms with Crippen LogP contribution < -0.4 is 4.72 Å². The second-order valence-corrected chi connectivity index (χ2v) is 6.63. The Morgan fingerprint density at radius 2 is 1.81 bits per heavy atom. The van der Waals surface area contributed by atoms with E-state index < -0.39 is 26.7 Å². The first-order valence-corrected chi connectivity index (χ1v) is 5.96. The van der Waals surface area contributed by atoms with E-state index in [0.29, 0.717) is 0 Å². The minimum Gasteiger partial charge on any atom is -0.278 e. The lowest BCUT2D eigenvalue weighted by Crippen LogP contribution is -2.34. The molecule has 0 saturated heterocycles. The lowest BCUT2D eigenvalue weighted by atomic mass is 10.3. The Hall–Kier alpha value is -1.24. The molecule has 16 heavy (non-hydrogen) atoms. The Labute approximate surface area is 92.8 Å². The van der Waals surface area contributed by atoms with Crippen LogP contribution >= 0.6 is 0 Å². The minimum absolute atomic E-state index is 0.365. The molecule has 0 saturated carbocycles. The molecular formula is C9H12F2N2O2S. The standard InChI is InChI=1S/C9H12F2N2O2S/c1-9(2,3)16(14,15)13-6-4-5-7(10)12-8(6)11/h4-5,13H,1-3H3. The van der Waals surface area contributed by atoms with Gasteiger partial charge in [0.1, 0.15) is 5.69 Å². The average molecular weight is 250 g/mol. The van der Waals surface area contributed by atoms with Crippen LogP contribution in [0, 0.1) is 11.9 Å². The molecule has 90 valence electrons. The molecule has 0 amide bonds. The van der Waals surface area contributed by atoms with Gasteiger partial charge in [-0.05, 0) is 32.9 Å². The molecule has 0 aliphatic carbocycles. The van der Waals surface area contributed by atoms with Crippen molar-refractivity contribution in [3.05, 3.63) is 24.0 Å². The number of nitrogens with zero attached hydrogens (tertiary/aromatic N) is 1. The molecule has 0 bridgehead atoms. The van der Waals surface area contributed by atoms with Crippen LogP contribution in [0.1, 0.15) is 20.8 Å². The van der Waals surface area contributed by atoms with E-state index in [1.807, 2.05) is 4.72 Å². The van der Waals surface area contributed by atoms with Crippen molar-refractivity contribution in [2.24, 2.45) is 0 Å². The first-order valence-electron chi connectivity index (χ1n) is 4.48. The van der Waals surface area contributed by atoms with Crippen LogP contribution in [-0.2, 0) is 10.0 Å². The van der Waals surface area contributed by atoms with Crippen molar-refractivity contribution in [1.29, 1.82) is 0 Å². The first kappa shape index (κ1) is 12.8. The van der Waals surface area contributed by atoms with Gasteiger partial charge in [0.2, 0.25) is 21.9 Å². The van der Waals surface area contributed by atoms with Crippen molar-refractivity contribution < 1.29 is 17.2 Å². The fraction of sp³-hybridized carbons (Fsp3) is 0.444. The third kappa shape index (κ3) is 2.66. The molecule has 1 N–H and O–H groups in total. The van der Waals surface area contributed by atoms with E-state index in [1.165, 1.54) is 20.8 Å². The fourth-order valence-corrected chi connectivity index (χ4v) is 1.53. The monoisotopic (exact) mass is 250 g/mol. The number of pyridine rings is 1. The highest BCUT2D eigenvalue weighted by atomic mass is 32.2. The highest BCUT2D eigenvalue weighted by Gasteiger charge is 2.29. The Morgan fingerprint density at radius 1 is 1.25 bits per heavy atom. The van der Waals surface area contributed by atoms with Gasteiger partial charge in [0, 0.05) is 0 Å². The van der Waals surface area contributed by atoms with Crippen LogP contribution in [0.5, 0.6) is 0 Å². The Balaban J connectivity index is 3.07. The predicted octanol–water partition coefficient (Wildman–Crippen LogP) is 1.90. The highest BCUT2D eigenvalue weighted by molar-refractivity contribution is 7.94. The van der Waals surface area contributed by atoms with Crippen LogP contribution in [0.15, 0.2) is 12.1 Å². The van der Waals surface area contributed by atoms with Crippen molar-refractivity contribution in [3.8, 4) is 0 Å². The molecule has 0 unspecified atom stereocenters. The van der Waals surface area contributed by atoms with Gasteiger partial charge in [0.05, 0.1) is 4.75 Å². The van der Waals surface area contributed by atoms with Crippen molar-refractivity contribution in [2.75, 3.05) is 4.72 Å². The molecule has 7 heteroatoms. The lowest BCUT2D eigenvalue weighted by Gasteiger charge is -2.20.